The van der Waals surface area contributed by atoms with Gasteiger partial charge in [-0.15, -0.1) is 0 Å². The van der Waals surface area contributed by atoms with Crippen molar-refractivity contribution in [3.8, 4) is 5.06 Å². The van der Waals surface area contributed by atoms with Gasteiger partial charge in [0.1, 0.15) is 0 Å². The van der Waals surface area contributed by atoms with Crippen molar-refractivity contribution in [1.29, 1.82) is 0 Å². The van der Waals surface area contributed by atoms with Gasteiger partial charge in [0.25, 0.3) is 0 Å². The predicted molar refractivity (Wildman–Crippen MR) is 59.8 cm³/mol. The van der Waals surface area contributed by atoms with Crippen molar-refractivity contribution in [2.45, 2.75) is 0 Å². The first-order chi connectivity index (χ1) is 6.75. The molecule has 0 fully saturated rings. The first-order valence-electron chi connectivity index (χ1n) is 4.24. The van der Waals surface area contributed by atoms with Gasteiger partial charge in [-0.3, -0.25) is 0 Å². The molecule has 2 aromatic heterocycles. The molecule has 1 aromatic carbocycles. The predicted octanol–water partition coefficient (Wildman–Crippen LogP) is 2.67. The maximum Gasteiger partial charge on any atom is 0.196 e. The van der Waals surface area contributed by atoms with E-state index in [9.17, 15) is 5.11 Å². The highest BCUT2D eigenvalue weighted by Gasteiger charge is 2.09. The van der Waals surface area contributed by atoms with Crippen molar-refractivity contribution >= 4 is 38.0 Å². The average Bonchev–Trinajstić information content (AvgIpc) is 2.70. The molecule has 0 radical (unpaired) electrons. The topological polar surface area (TPSA) is 62.0 Å². The summed E-state index contributed by atoms with van der Waals surface area (Å²) in [5, 5.41) is 11.7. The van der Waals surface area contributed by atoms with Gasteiger partial charge in [0.2, 0.25) is 0 Å². The number of aromatic nitrogens is 1. The van der Waals surface area contributed by atoms with Crippen molar-refractivity contribution in [3.05, 3.63) is 24.4 Å². The summed E-state index contributed by atoms with van der Waals surface area (Å²) in [6.45, 7) is 0. The summed E-state index contributed by atoms with van der Waals surface area (Å²) in [5.74, 6) is 0. The van der Waals surface area contributed by atoms with Crippen molar-refractivity contribution in [1.82, 2.24) is 4.98 Å². The number of benzene rings is 1. The Morgan fingerprint density at radius 3 is 3.07 bits per heavy atom. The molecule has 4 N–H and O–H groups in total. The highest BCUT2D eigenvalue weighted by Crippen LogP contribution is 2.40. The molecule has 0 amide bonds. The third-order valence-corrected chi connectivity index (χ3v) is 3.35. The zero-order valence-electron chi connectivity index (χ0n) is 7.24. The van der Waals surface area contributed by atoms with Crippen LogP contribution in [0, 0.1) is 0 Å². The number of anilines is 1. The monoisotopic (exact) mass is 204 g/mol. The van der Waals surface area contributed by atoms with Gasteiger partial charge in [0.05, 0.1) is 5.69 Å². The molecular formula is C10H8N2OS. The lowest BCUT2D eigenvalue weighted by atomic mass is 10.2. The molecule has 0 aliphatic rings. The summed E-state index contributed by atoms with van der Waals surface area (Å²) in [5.41, 5.74) is 7.30. The van der Waals surface area contributed by atoms with Gasteiger partial charge in [0.15, 0.2) is 5.06 Å². The lowest BCUT2D eigenvalue weighted by molar-refractivity contribution is 0.493. The Balaban J connectivity index is 2.56. The molecule has 4 heteroatoms. The normalized spacial score (nSPS) is 11.4. The van der Waals surface area contributed by atoms with Gasteiger partial charge < -0.3 is 15.8 Å². The third-order valence-electron chi connectivity index (χ3n) is 2.38. The maximum atomic E-state index is 9.47. The average molecular weight is 204 g/mol. The Morgan fingerprint density at radius 1 is 1.36 bits per heavy atom. The Labute approximate surface area is 83.8 Å². The smallest absolute Gasteiger partial charge is 0.196 e. The van der Waals surface area contributed by atoms with E-state index in [0.29, 0.717) is 5.69 Å². The van der Waals surface area contributed by atoms with Crippen molar-refractivity contribution in [3.63, 3.8) is 0 Å². The van der Waals surface area contributed by atoms with E-state index in [0.717, 1.165) is 21.0 Å². The van der Waals surface area contributed by atoms with Crippen LogP contribution in [0.4, 0.5) is 5.69 Å². The van der Waals surface area contributed by atoms with Crippen LogP contribution in [0.2, 0.25) is 0 Å². The summed E-state index contributed by atoms with van der Waals surface area (Å²) in [7, 11) is 0. The van der Waals surface area contributed by atoms with Crippen LogP contribution in [0.25, 0.3) is 21.0 Å². The van der Waals surface area contributed by atoms with E-state index in [2.05, 4.69) is 4.98 Å². The Hall–Kier alpha value is -1.68. The highest BCUT2D eigenvalue weighted by atomic mass is 32.1. The molecule has 14 heavy (non-hydrogen) atoms. The summed E-state index contributed by atoms with van der Waals surface area (Å²) < 4.78 is 1.01. The SMILES string of the molecule is Nc1c(O)sc2cc3[nH]ccc3cc12. The molecule has 0 aliphatic heterocycles. The second-order valence-electron chi connectivity index (χ2n) is 3.23. The minimum atomic E-state index is 0.202. The van der Waals surface area contributed by atoms with Gasteiger partial charge in [0, 0.05) is 27.2 Å². The molecule has 0 aliphatic carbocycles. The molecule has 0 saturated heterocycles. The van der Waals surface area contributed by atoms with Crippen LogP contribution in [-0.4, -0.2) is 10.1 Å². The van der Waals surface area contributed by atoms with E-state index in [1.807, 2.05) is 24.4 Å². The molecule has 0 unspecified atom stereocenters. The number of hydrogen-bond donors (Lipinski definition) is 3. The number of hydrogen-bond acceptors (Lipinski definition) is 3. The zero-order chi connectivity index (χ0) is 9.71. The van der Waals surface area contributed by atoms with E-state index in [1.165, 1.54) is 11.3 Å². The van der Waals surface area contributed by atoms with Crippen LogP contribution in [0.3, 0.4) is 0 Å². The summed E-state index contributed by atoms with van der Waals surface area (Å²) in [6, 6.07) is 5.99. The second-order valence-corrected chi connectivity index (χ2v) is 4.26. The fourth-order valence-electron chi connectivity index (χ4n) is 1.65. The Bertz CT molecular complexity index is 623. The third kappa shape index (κ3) is 0.858. The van der Waals surface area contributed by atoms with Crippen LogP contribution >= 0.6 is 11.3 Å². The van der Waals surface area contributed by atoms with Gasteiger partial charge in [-0.1, -0.05) is 11.3 Å². The molecule has 0 saturated carbocycles. The van der Waals surface area contributed by atoms with Crippen LogP contribution in [0.5, 0.6) is 5.06 Å². The highest BCUT2D eigenvalue weighted by molar-refractivity contribution is 7.21. The fourth-order valence-corrected chi connectivity index (χ4v) is 2.53. The molecule has 3 rings (SSSR count). The van der Waals surface area contributed by atoms with Crippen LogP contribution in [-0.2, 0) is 0 Å². The van der Waals surface area contributed by atoms with Gasteiger partial charge in [-0.05, 0) is 18.2 Å². The van der Waals surface area contributed by atoms with E-state index in [-0.39, 0.29) is 5.06 Å². The summed E-state index contributed by atoms with van der Waals surface area (Å²) in [6.07, 6.45) is 1.89. The number of nitrogens with one attached hydrogen (secondary N) is 1. The minimum absolute atomic E-state index is 0.202. The van der Waals surface area contributed by atoms with Gasteiger partial charge >= 0.3 is 0 Å². The minimum Gasteiger partial charge on any atom is -0.498 e. The number of nitrogens with two attached hydrogens (primary N) is 1. The largest absolute Gasteiger partial charge is 0.498 e. The standard InChI is InChI=1S/C10H8N2OS/c11-9-6-3-5-1-2-12-7(5)4-8(6)14-10(9)13/h1-4,12-13H,11H2. The number of H-pyrrole nitrogens is 1. The molecule has 2 heterocycles. The molecule has 0 spiro atoms. The molecule has 3 nitrogen and oxygen atoms in total. The summed E-state index contributed by atoms with van der Waals surface area (Å²) >= 11 is 1.31. The number of nitrogen functional groups attached to an aromatic ring is 1. The summed E-state index contributed by atoms with van der Waals surface area (Å²) in [4.78, 5) is 3.12. The first-order valence-corrected chi connectivity index (χ1v) is 5.05. The first kappa shape index (κ1) is 7.70. The van der Waals surface area contributed by atoms with Crippen LogP contribution in [0.15, 0.2) is 24.4 Å². The number of aromatic amines is 1. The molecule has 70 valence electrons. The Kier molecular flexibility index (Phi) is 1.33. The lowest BCUT2D eigenvalue weighted by Crippen LogP contribution is -1.80. The molecule has 0 atom stereocenters. The number of fused-ring (bicyclic) bond motifs is 2. The van der Waals surface area contributed by atoms with E-state index in [4.69, 9.17) is 5.73 Å². The fraction of sp³-hybridized carbons (Fsp3) is 0. The van der Waals surface area contributed by atoms with Crippen molar-refractivity contribution < 1.29 is 5.11 Å². The van der Waals surface area contributed by atoms with Crippen LogP contribution < -0.4 is 5.73 Å². The van der Waals surface area contributed by atoms with Gasteiger partial charge in [-0.25, -0.2) is 0 Å². The zero-order valence-corrected chi connectivity index (χ0v) is 8.06. The van der Waals surface area contributed by atoms with Crippen molar-refractivity contribution in [2.75, 3.05) is 5.73 Å². The van der Waals surface area contributed by atoms with Crippen molar-refractivity contribution in [2.24, 2.45) is 0 Å². The van der Waals surface area contributed by atoms with E-state index < -0.39 is 0 Å². The second kappa shape index (κ2) is 2.42. The van der Waals surface area contributed by atoms with Gasteiger partial charge in [-0.2, -0.15) is 0 Å². The molecular weight excluding hydrogens is 196 g/mol. The lowest BCUT2D eigenvalue weighted by Gasteiger charge is -1.92. The van der Waals surface area contributed by atoms with Crippen LogP contribution in [0.1, 0.15) is 0 Å². The van der Waals surface area contributed by atoms with E-state index in [1.54, 1.807) is 0 Å². The van der Waals surface area contributed by atoms with E-state index >= 15 is 0 Å². The number of aromatic hydroxyl groups is 1. The maximum absolute atomic E-state index is 9.47. The molecule has 0 bridgehead atoms. The number of rotatable bonds is 0. The quantitative estimate of drug-likeness (QED) is 0.527. The number of thiophene rings is 1. The Morgan fingerprint density at radius 2 is 2.21 bits per heavy atom. The molecule has 3 aromatic rings.